The lowest BCUT2D eigenvalue weighted by Gasteiger charge is -2.14. The van der Waals surface area contributed by atoms with E-state index in [1.165, 1.54) is 16.7 Å². The van der Waals surface area contributed by atoms with Gasteiger partial charge in [0.05, 0.1) is 0 Å². The number of allylic oxidation sites excluding steroid dienone is 1. The number of anilines is 2. The summed E-state index contributed by atoms with van der Waals surface area (Å²) in [6, 6.07) is 9.98. The normalized spacial score (nSPS) is 16.6. The van der Waals surface area contributed by atoms with Crippen molar-refractivity contribution in [1.82, 2.24) is 0 Å². The zero-order valence-electron chi connectivity index (χ0n) is 12.4. The number of benzene rings is 2. The average molecular weight is 276 g/mol. The molecule has 21 heavy (non-hydrogen) atoms. The first-order valence-electron chi connectivity index (χ1n) is 7.21. The van der Waals surface area contributed by atoms with Crippen molar-refractivity contribution in [2.24, 2.45) is 0 Å². The number of fused-ring (bicyclic) bond motifs is 1. The number of hydrogen-bond acceptors (Lipinski definition) is 2. The van der Waals surface area contributed by atoms with Crippen LogP contribution >= 0.6 is 0 Å². The summed E-state index contributed by atoms with van der Waals surface area (Å²) in [6.07, 6.45) is 8.55. The largest absolute Gasteiger partial charge is 0.399 e. The van der Waals surface area contributed by atoms with Crippen LogP contribution in [0.1, 0.15) is 40.7 Å². The summed E-state index contributed by atoms with van der Waals surface area (Å²) in [5, 5.41) is 0. The molecular weight excluding hydrogens is 256 g/mol. The third-order valence-corrected chi connectivity index (χ3v) is 4.09. The monoisotopic (exact) mass is 276 g/mol. The van der Waals surface area contributed by atoms with E-state index < -0.39 is 0 Å². The molecule has 0 aliphatic heterocycles. The lowest BCUT2D eigenvalue weighted by Crippen LogP contribution is -2.01. The first-order chi connectivity index (χ1) is 10.1. The molecule has 0 saturated carbocycles. The third kappa shape index (κ3) is 2.45. The molecule has 0 saturated heterocycles. The van der Waals surface area contributed by atoms with Gasteiger partial charge in [-0.2, -0.15) is 0 Å². The predicted octanol–water partition coefficient (Wildman–Crippen LogP) is 4.46. The van der Waals surface area contributed by atoms with Gasteiger partial charge in [0, 0.05) is 17.3 Å². The van der Waals surface area contributed by atoms with Crippen LogP contribution in [0.5, 0.6) is 0 Å². The van der Waals surface area contributed by atoms with Crippen LogP contribution in [0, 0.1) is 6.92 Å². The predicted molar refractivity (Wildman–Crippen MR) is 92.8 cm³/mol. The minimum absolute atomic E-state index is 0.392. The van der Waals surface area contributed by atoms with Crippen molar-refractivity contribution >= 4 is 29.6 Å². The van der Waals surface area contributed by atoms with Crippen molar-refractivity contribution in [1.29, 1.82) is 0 Å². The van der Waals surface area contributed by atoms with Crippen LogP contribution in [0.15, 0.2) is 36.4 Å². The van der Waals surface area contributed by atoms with E-state index in [1.54, 1.807) is 0 Å². The number of nitrogens with two attached hydrogens (primary N) is 2. The molecule has 2 nitrogen and oxygen atoms in total. The van der Waals surface area contributed by atoms with Gasteiger partial charge in [-0.15, -0.1) is 0 Å². The molecule has 3 rings (SSSR count). The van der Waals surface area contributed by atoms with Gasteiger partial charge in [0.25, 0.3) is 0 Å². The highest BCUT2D eigenvalue weighted by Crippen LogP contribution is 2.38. The van der Waals surface area contributed by atoms with Crippen molar-refractivity contribution in [3.05, 3.63) is 64.2 Å². The summed E-state index contributed by atoms with van der Waals surface area (Å²) < 4.78 is 0. The number of rotatable bonds is 2. The van der Waals surface area contributed by atoms with Crippen LogP contribution < -0.4 is 11.5 Å². The van der Waals surface area contributed by atoms with Gasteiger partial charge in [-0.25, -0.2) is 0 Å². The van der Waals surface area contributed by atoms with E-state index in [1.807, 2.05) is 24.3 Å². The Bertz CT molecular complexity index is 737. The maximum absolute atomic E-state index is 6.37. The van der Waals surface area contributed by atoms with Gasteiger partial charge in [-0.05, 0) is 52.9 Å². The van der Waals surface area contributed by atoms with E-state index in [9.17, 15) is 0 Å². The van der Waals surface area contributed by atoms with E-state index in [0.29, 0.717) is 5.92 Å². The molecule has 1 atom stereocenters. The number of hydrogen-bond donors (Lipinski definition) is 2. The minimum Gasteiger partial charge on any atom is -0.399 e. The Morgan fingerprint density at radius 1 is 1.05 bits per heavy atom. The minimum atomic E-state index is 0.392. The molecule has 2 aromatic rings. The standard InChI is InChI=1S/C19H20N2/c1-12-3-10-17-13(2)11-15(19(21)18(12)17)7-4-14-5-8-16(20)9-6-14/h3-12H,20-21H2,1-2H3/b7-4-. The Kier molecular flexibility index (Phi) is 3.30. The highest BCUT2D eigenvalue weighted by Gasteiger charge is 2.19. The van der Waals surface area contributed by atoms with E-state index in [-0.39, 0.29) is 0 Å². The maximum atomic E-state index is 6.37. The van der Waals surface area contributed by atoms with Crippen molar-refractivity contribution in [2.75, 3.05) is 11.5 Å². The molecule has 0 amide bonds. The van der Waals surface area contributed by atoms with Crippen molar-refractivity contribution < 1.29 is 0 Å². The molecule has 2 aromatic carbocycles. The van der Waals surface area contributed by atoms with E-state index in [4.69, 9.17) is 11.5 Å². The zero-order valence-corrected chi connectivity index (χ0v) is 12.4. The Morgan fingerprint density at radius 3 is 2.48 bits per heavy atom. The van der Waals surface area contributed by atoms with E-state index in [0.717, 1.165) is 22.5 Å². The SMILES string of the molecule is Cc1cc(/C=C\c2ccc(N)cc2)c(N)c2c1C=CC2C. The summed E-state index contributed by atoms with van der Waals surface area (Å²) in [6.45, 7) is 4.33. The Labute approximate surface area is 125 Å². The highest BCUT2D eigenvalue weighted by molar-refractivity contribution is 5.83. The fourth-order valence-corrected chi connectivity index (χ4v) is 2.88. The molecule has 0 fully saturated rings. The second kappa shape index (κ2) is 5.13. The Morgan fingerprint density at radius 2 is 1.76 bits per heavy atom. The third-order valence-electron chi connectivity index (χ3n) is 4.09. The van der Waals surface area contributed by atoms with Crippen LogP contribution in [0.25, 0.3) is 18.2 Å². The maximum Gasteiger partial charge on any atom is 0.0432 e. The summed E-state index contributed by atoms with van der Waals surface area (Å²) >= 11 is 0. The van der Waals surface area contributed by atoms with Crippen LogP contribution in [0.3, 0.4) is 0 Å². The molecule has 0 spiro atoms. The fraction of sp³-hybridized carbons (Fsp3) is 0.158. The lowest BCUT2D eigenvalue weighted by atomic mass is 9.93. The molecule has 0 heterocycles. The summed E-state index contributed by atoms with van der Waals surface area (Å²) in [7, 11) is 0. The summed E-state index contributed by atoms with van der Waals surface area (Å²) in [5.74, 6) is 0.392. The molecule has 0 aromatic heterocycles. The molecule has 1 unspecified atom stereocenters. The highest BCUT2D eigenvalue weighted by atomic mass is 14.6. The smallest absolute Gasteiger partial charge is 0.0432 e. The van der Waals surface area contributed by atoms with E-state index in [2.05, 4.69) is 44.2 Å². The van der Waals surface area contributed by atoms with Gasteiger partial charge < -0.3 is 11.5 Å². The van der Waals surface area contributed by atoms with Gasteiger partial charge in [0.1, 0.15) is 0 Å². The van der Waals surface area contributed by atoms with Crippen molar-refractivity contribution in [3.63, 3.8) is 0 Å². The molecule has 106 valence electrons. The van der Waals surface area contributed by atoms with Gasteiger partial charge in [-0.1, -0.05) is 43.4 Å². The second-order valence-electron chi connectivity index (χ2n) is 5.67. The van der Waals surface area contributed by atoms with Crippen molar-refractivity contribution in [3.8, 4) is 0 Å². The van der Waals surface area contributed by atoms with E-state index >= 15 is 0 Å². The topological polar surface area (TPSA) is 52.0 Å². The van der Waals surface area contributed by atoms with Gasteiger partial charge in [0.15, 0.2) is 0 Å². The zero-order chi connectivity index (χ0) is 15.0. The Hall–Kier alpha value is -2.48. The summed E-state index contributed by atoms with van der Waals surface area (Å²) in [4.78, 5) is 0. The molecule has 0 bridgehead atoms. The molecule has 4 N–H and O–H groups in total. The average Bonchev–Trinajstić information content (AvgIpc) is 2.86. The van der Waals surface area contributed by atoms with Gasteiger partial charge in [-0.3, -0.25) is 0 Å². The van der Waals surface area contributed by atoms with Gasteiger partial charge in [0.2, 0.25) is 0 Å². The molecule has 2 heteroatoms. The molecule has 1 aliphatic rings. The first-order valence-corrected chi connectivity index (χ1v) is 7.21. The van der Waals surface area contributed by atoms with Crippen LogP contribution in [-0.2, 0) is 0 Å². The van der Waals surface area contributed by atoms with Crippen molar-refractivity contribution in [2.45, 2.75) is 19.8 Å². The number of aryl methyl sites for hydroxylation is 1. The van der Waals surface area contributed by atoms with Gasteiger partial charge >= 0.3 is 0 Å². The molecular formula is C19H20N2. The quantitative estimate of drug-likeness (QED) is 0.628. The molecule has 1 aliphatic carbocycles. The second-order valence-corrected chi connectivity index (χ2v) is 5.67. The van der Waals surface area contributed by atoms with Crippen LogP contribution in [0.2, 0.25) is 0 Å². The Balaban J connectivity index is 1.99. The fourth-order valence-electron chi connectivity index (χ4n) is 2.88. The lowest BCUT2D eigenvalue weighted by molar-refractivity contribution is 0.990. The van der Waals surface area contributed by atoms with Crippen LogP contribution in [-0.4, -0.2) is 0 Å². The molecule has 0 radical (unpaired) electrons. The summed E-state index contributed by atoms with van der Waals surface area (Å²) in [5.41, 5.74) is 19.8. The first kappa shape index (κ1) is 13.5. The number of nitrogen functional groups attached to an aromatic ring is 2. The van der Waals surface area contributed by atoms with Crippen LogP contribution in [0.4, 0.5) is 11.4 Å².